The molecular formula is C16H14BrClN2. The molecule has 4 heteroatoms. The monoisotopic (exact) mass is 348 g/mol. The summed E-state index contributed by atoms with van der Waals surface area (Å²) >= 11 is 3.57. The summed E-state index contributed by atoms with van der Waals surface area (Å²) in [4.78, 5) is 0. The molecule has 0 saturated heterocycles. The summed E-state index contributed by atoms with van der Waals surface area (Å²) in [6.07, 6.45) is 2.01. The second kappa shape index (κ2) is 6.73. The van der Waals surface area contributed by atoms with E-state index in [0.29, 0.717) is 0 Å². The van der Waals surface area contributed by atoms with Crippen LogP contribution in [-0.4, -0.2) is 5.10 Å². The largest absolute Gasteiger partial charge is 1.00 e. The van der Waals surface area contributed by atoms with E-state index < -0.39 is 0 Å². The van der Waals surface area contributed by atoms with Crippen LogP contribution in [0.4, 0.5) is 0 Å². The number of H-pyrrole nitrogens is 2. The molecule has 2 N–H and O–H groups in total. The number of aromatic amines is 2. The summed E-state index contributed by atoms with van der Waals surface area (Å²) < 4.78 is 0.991. The molecule has 0 unspecified atom stereocenters. The van der Waals surface area contributed by atoms with Gasteiger partial charge in [0.1, 0.15) is 4.60 Å². The Balaban J connectivity index is 0.00000147. The van der Waals surface area contributed by atoms with E-state index in [4.69, 9.17) is 0 Å². The van der Waals surface area contributed by atoms with Gasteiger partial charge >= 0.3 is 0 Å². The van der Waals surface area contributed by atoms with E-state index in [1.165, 1.54) is 16.7 Å². The Kier molecular flexibility index (Phi) is 4.99. The highest BCUT2D eigenvalue weighted by Gasteiger charge is 2.22. The van der Waals surface area contributed by atoms with Gasteiger partial charge in [-0.25, -0.2) is 0 Å². The number of aromatic nitrogens is 2. The minimum atomic E-state index is 0. The first kappa shape index (κ1) is 14.8. The maximum Gasteiger partial charge on any atom is 0.198 e. The highest BCUT2D eigenvalue weighted by molar-refractivity contribution is 9.10. The van der Waals surface area contributed by atoms with E-state index in [2.05, 4.69) is 74.7 Å². The Hall–Kier alpha value is -1.58. The van der Waals surface area contributed by atoms with Gasteiger partial charge in [-0.2, -0.15) is 5.10 Å². The molecule has 0 radical (unpaired) electrons. The lowest BCUT2D eigenvalue weighted by atomic mass is 9.87. The minimum absolute atomic E-state index is 0. The summed E-state index contributed by atoms with van der Waals surface area (Å²) in [7, 11) is 0. The van der Waals surface area contributed by atoms with Gasteiger partial charge in [-0.3, -0.25) is 0 Å². The zero-order valence-corrected chi connectivity index (χ0v) is 13.0. The van der Waals surface area contributed by atoms with Crippen LogP contribution in [0.1, 0.15) is 22.6 Å². The van der Waals surface area contributed by atoms with Crippen molar-refractivity contribution in [2.75, 3.05) is 0 Å². The average molecular weight is 350 g/mol. The van der Waals surface area contributed by atoms with Crippen LogP contribution in [0.5, 0.6) is 0 Å². The van der Waals surface area contributed by atoms with Gasteiger partial charge in [-0.15, -0.1) is 5.10 Å². The maximum atomic E-state index is 3.57. The van der Waals surface area contributed by atoms with Crippen LogP contribution in [0.15, 0.2) is 71.5 Å². The first-order chi connectivity index (χ1) is 9.36. The Morgan fingerprint density at radius 2 is 1.35 bits per heavy atom. The van der Waals surface area contributed by atoms with Crippen LogP contribution in [0.25, 0.3) is 0 Å². The molecule has 1 heterocycles. The third kappa shape index (κ3) is 2.94. The molecule has 102 valence electrons. The van der Waals surface area contributed by atoms with Crippen molar-refractivity contribution >= 4 is 15.9 Å². The molecule has 3 rings (SSSR count). The Bertz CT molecular complexity index is 613. The van der Waals surface area contributed by atoms with E-state index in [-0.39, 0.29) is 18.3 Å². The Morgan fingerprint density at radius 1 is 0.850 bits per heavy atom. The predicted molar refractivity (Wildman–Crippen MR) is 78.9 cm³/mol. The molecule has 1 aromatic heterocycles. The Morgan fingerprint density at radius 3 is 1.75 bits per heavy atom. The fourth-order valence-corrected chi connectivity index (χ4v) is 2.82. The molecule has 0 atom stereocenters. The van der Waals surface area contributed by atoms with Gasteiger partial charge in [0.25, 0.3) is 0 Å². The van der Waals surface area contributed by atoms with Crippen molar-refractivity contribution in [2.24, 2.45) is 0 Å². The van der Waals surface area contributed by atoms with Gasteiger partial charge in [0.2, 0.25) is 0 Å². The van der Waals surface area contributed by atoms with Crippen LogP contribution in [0.2, 0.25) is 0 Å². The zero-order chi connectivity index (χ0) is 13.1. The quantitative estimate of drug-likeness (QED) is 0.724. The molecule has 0 amide bonds. The number of rotatable bonds is 3. The lowest BCUT2D eigenvalue weighted by Crippen LogP contribution is -3.00. The van der Waals surface area contributed by atoms with Crippen molar-refractivity contribution in [3.8, 4) is 0 Å². The van der Waals surface area contributed by atoms with Crippen molar-refractivity contribution < 1.29 is 17.5 Å². The first-order valence-electron chi connectivity index (χ1n) is 6.20. The fourth-order valence-electron chi connectivity index (χ4n) is 2.37. The summed E-state index contributed by atoms with van der Waals surface area (Å²) in [6, 6.07) is 21.1. The molecule has 0 aliphatic rings. The lowest BCUT2D eigenvalue weighted by Gasteiger charge is -2.16. The van der Waals surface area contributed by atoms with Crippen LogP contribution in [0.3, 0.4) is 0 Å². The van der Waals surface area contributed by atoms with Crippen molar-refractivity contribution in [1.29, 1.82) is 0 Å². The normalized spacial score (nSPS) is 10.3. The molecule has 0 saturated carbocycles. The maximum absolute atomic E-state index is 3.57. The standard InChI is InChI=1S/C16H13BrN2.ClH/c17-16-14(11-18-19-16)15(12-7-3-1-4-8-12)13-9-5-2-6-10-13;/h1-11,15H,(H,18,19);1H. The second-order valence-corrected chi connectivity index (χ2v) is 5.23. The smallest absolute Gasteiger partial charge is 0.198 e. The van der Waals surface area contributed by atoms with Crippen LogP contribution in [-0.2, 0) is 0 Å². The number of halogens is 2. The molecule has 20 heavy (non-hydrogen) atoms. The van der Waals surface area contributed by atoms with Crippen molar-refractivity contribution in [2.45, 2.75) is 5.92 Å². The minimum Gasteiger partial charge on any atom is -1.00 e. The third-order valence-electron chi connectivity index (χ3n) is 3.24. The van der Waals surface area contributed by atoms with Crippen LogP contribution in [0, 0.1) is 0 Å². The summed E-state index contributed by atoms with van der Waals surface area (Å²) in [6.45, 7) is 0. The highest BCUT2D eigenvalue weighted by atomic mass is 79.9. The number of benzene rings is 2. The molecular weight excluding hydrogens is 336 g/mol. The number of hydrogen-bond acceptors (Lipinski definition) is 0. The van der Waals surface area contributed by atoms with Crippen molar-refractivity contribution in [3.63, 3.8) is 0 Å². The second-order valence-electron chi connectivity index (χ2n) is 4.44. The van der Waals surface area contributed by atoms with E-state index >= 15 is 0 Å². The molecule has 0 spiro atoms. The van der Waals surface area contributed by atoms with Crippen LogP contribution >= 0.6 is 15.9 Å². The van der Waals surface area contributed by atoms with E-state index in [1.807, 2.05) is 18.3 Å². The Labute approximate surface area is 132 Å². The first-order valence-corrected chi connectivity index (χ1v) is 7.00. The van der Waals surface area contributed by atoms with Gasteiger partial charge in [-0.05, 0) is 27.1 Å². The van der Waals surface area contributed by atoms with Gasteiger partial charge in [-0.1, -0.05) is 60.7 Å². The van der Waals surface area contributed by atoms with Gasteiger partial charge in [0, 0.05) is 5.92 Å². The average Bonchev–Trinajstić information content (AvgIpc) is 2.88. The number of hydrogen-bond donors (Lipinski definition) is 1. The summed E-state index contributed by atoms with van der Waals surface area (Å²) in [5.41, 5.74) is 3.77. The van der Waals surface area contributed by atoms with Crippen molar-refractivity contribution in [3.05, 3.63) is 88.2 Å². The SMILES string of the molecule is Brc1[nH][nH+]cc1C(c1ccccc1)c1ccccc1.[Cl-]. The third-order valence-corrected chi connectivity index (χ3v) is 3.90. The number of nitrogens with one attached hydrogen (secondary N) is 2. The van der Waals surface area contributed by atoms with Crippen molar-refractivity contribution in [1.82, 2.24) is 5.10 Å². The van der Waals surface area contributed by atoms with E-state index in [9.17, 15) is 0 Å². The van der Waals surface area contributed by atoms with Crippen LogP contribution < -0.4 is 17.5 Å². The van der Waals surface area contributed by atoms with E-state index in [1.54, 1.807) is 0 Å². The molecule has 0 aliphatic heterocycles. The van der Waals surface area contributed by atoms with Gasteiger partial charge in [0.15, 0.2) is 6.20 Å². The van der Waals surface area contributed by atoms with E-state index in [0.717, 1.165) is 4.60 Å². The van der Waals surface area contributed by atoms with Gasteiger partial charge in [0.05, 0.1) is 5.56 Å². The molecule has 2 aromatic carbocycles. The molecule has 2 nitrogen and oxygen atoms in total. The highest BCUT2D eigenvalue weighted by Crippen LogP contribution is 2.34. The molecule has 3 aromatic rings. The summed E-state index contributed by atoms with van der Waals surface area (Å²) in [5.74, 6) is 0.222. The topological polar surface area (TPSA) is 29.9 Å². The molecule has 0 aliphatic carbocycles. The fraction of sp³-hybridized carbons (Fsp3) is 0.0625. The van der Waals surface area contributed by atoms with Gasteiger partial charge < -0.3 is 12.4 Å². The summed E-state index contributed by atoms with van der Waals surface area (Å²) in [5, 5.41) is 6.13. The zero-order valence-electron chi connectivity index (χ0n) is 10.7. The molecule has 0 fully saturated rings. The molecule has 0 bridgehead atoms. The predicted octanol–water partition coefficient (Wildman–Crippen LogP) is 0.775. The lowest BCUT2D eigenvalue weighted by molar-refractivity contribution is -0.450.